The van der Waals surface area contributed by atoms with Gasteiger partial charge >= 0.3 is 6.01 Å². The third-order valence-electron chi connectivity index (χ3n) is 4.55. The van der Waals surface area contributed by atoms with Crippen LogP contribution in [-0.4, -0.2) is 54.7 Å². The first-order chi connectivity index (χ1) is 13.6. The molecule has 1 aromatic heterocycles. The Morgan fingerprint density at radius 3 is 2.50 bits per heavy atom. The van der Waals surface area contributed by atoms with Crippen molar-refractivity contribution in [3.63, 3.8) is 0 Å². The van der Waals surface area contributed by atoms with Crippen molar-refractivity contribution in [3.8, 4) is 17.6 Å². The van der Waals surface area contributed by atoms with Gasteiger partial charge in [0.15, 0.2) is 0 Å². The van der Waals surface area contributed by atoms with E-state index in [1.54, 1.807) is 19.4 Å². The lowest BCUT2D eigenvalue weighted by Gasteiger charge is -2.22. The maximum atomic E-state index is 10.7. The lowest BCUT2D eigenvalue weighted by molar-refractivity contribution is -0.0480. The highest BCUT2D eigenvalue weighted by atomic mass is 16.6. The molecule has 1 fully saturated rings. The average molecular weight is 388 g/mol. The van der Waals surface area contributed by atoms with Crippen molar-refractivity contribution >= 4 is 0 Å². The highest BCUT2D eigenvalue weighted by Crippen LogP contribution is 2.39. The molecule has 1 N–H and O–H groups in total. The molecular weight excluding hydrogens is 364 g/mol. The number of aliphatic hydroxyl groups excluding tert-OH is 1. The second kappa shape index (κ2) is 9.01. The molecule has 3 rings (SSSR count). The van der Waals surface area contributed by atoms with Crippen LogP contribution in [0, 0.1) is 0 Å². The summed E-state index contributed by atoms with van der Waals surface area (Å²) in [6.07, 6.45) is 0.334. The lowest BCUT2D eigenvalue weighted by atomic mass is 10.0. The first-order valence-corrected chi connectivity index (χ1v) is 8.76. The molecule has 8 nitrogen and oxygen atoms in total. The maximum Gasteiger partial charge on any atom is 0.319 e. The number of benzene rings is 1. The third-order valence-corrected chi connectivity index (χ3v) is 4.55. The van der Waals surface area contributed by atoms with Gasteiger partial charge in [-0.1, -0.05) is 18.2 Å². The number of hydrogen-bond acceptors (Lipinski definition) is 8. The molecule has 1 saturated heterocycles. The largest absolute Gasteiger partial charge is 0.497 e. The molecule has 150 valence electrons. The molecule has 2 aromatic rings. The zero-order valence-corrected chi connectivity index (χ0v) is 16.1. The first-order valence-electron chi connectivity index (χ1n) is 8.76. The Morgan fingerprint density at radius 2 is 1.89 bits per heavy atom. The van der Waals surface area contributed by atoms with E-state index in [9.17, 15) is 5.11 Å². The van der Waals surface area contributed by atoms with Gasteiger partial charge in [0, 0.05) is 6.20 Å². The smallest absolute Gasteiger partial charge is 0.319 e. The van der Waals surface area contributed by atoms with Gasteiger partial charge in [0.1, 0.15) is 30.2 Å². The van der Waals surface area contributed by atoms with Gasteiger partial charge in [0.2, 0.25) is 5.88 Å². The number of ether oxygens (including phenoxy) is 5. The van der Waals surface area contributed by atoms with Crippen molar-refractivity contribution in [2.45, 2.75) is 31.0 Å². The van der Waals surface area contributed by atoms with Crippen molar-refractivity contribution < 1.29 is 28.8 Å². The number of methoxy groups -OCH3 is 3. The van der Waals surface area contributed by atoms with E-state index in [4.69, 9.17) is 23.7 Å². The molecular formula is C20H24N2O6. The van der Waals surface area contributed by atoms with E-state index >= 15 is 0 Å². The molecule has 8 heteroatoms. The highest BCUT2D eigenvalue weighted by Gasteiger charge is 2.45. The SMILES string of the molecule is C=C[C@H]1O[C@@H](c2cnc(OC)nc2OC)C(OCc2ccc(OC)cc2)[C@@H]1O. The Labute approximate surface area is 163 Å². The Morgan fingerprint density at radius 1 is 1.14 bits per heavy atom. The fourth-order valence-corrected chi connectivity index (χ4v) is 3.06. The summed E-state index contributed by atoms with van der Waals surface area (Å²) in [6.45, 7) is 4.01. The van der Waals surface area contributed by atoms with Crippen LogP contribution in [0.2, 0.25) is 0 Å². The van der Waals surface area contributed by atoms with Crippen LogP contribution < -0.4 is 14.2 Å². The molecule has 1 unspecified atom stereocenters. The van der Waals surface area contributed by atoms with Crippen molar-refractivity contribution in [2.24, 2.45) is 0 Å². The van der Waals surface area contributed by atoms with Gasteiger partial charge in [-0.05, 0) is 17.7 Å². The van der Waals surface area contributed by atoms with E-state index in [0.717, 1.165) is 11.3 Å². The first kappa shape index (κ1) is 20.1. The van der Waals surface area contributed by atoms with E-state index in [-0.39, 0.29) is 12.6 Å². The molecule has 2 heterocycles. The van der Waals surface area contributed by atoms with Crippen LogP contribution in [0.5, 0.6) is 17.6 Å². The van der Waals surface area contributed by atoms with E-state index in [2.05, 4.69) is 16.5 Å². The van der Waals surface area contributed by atoms with Crippen molar-refractivity contribution in [1.82, 2.24) is 9.97 Å². The minimum absolute atomic E-state index is 0.176. The van der Waals surface area contributed by atoms with Crippen LogP contribution in [0.3, 0.4) is 0 Å². The van der Waals surface area contributed by atoms with Gasteiger partial charge < -0.3 is 28.8 Å². The summed E-state index contributed by atoms with van der Waals surface area (Å²) in [5.41, 5.74) is 1.50. The number of nitrogens with zero attached hydrogens (tertiary/aromatic N) is 2. The predicted molar refractivity (Wildman–Crippen MR) is 101 cm³/mol. The molecule has 4 atom stereocenters. The summed E-state index contributed by atoms with van der Waals surface area (Å²) in [5.74, 6) is 1.06. The monoisotopic (exact) mass is 388 g/mol. The molecule has 0 bridgehead atoms. The standard InChI is InChI=1S/C20H24N2O6/c1-5-15-16(23)18(27-11-12-6-8-13(24-2)9-7-12)17(28-15)14-10-21-20(26-4)22-19(14)25-3/h5-10,15-18,23H,1,11H2,2-4H3/t15-,16-,17+,18?/m1/s1. The molecule has 0 radical (unpaired) electrons. The quantitative estimate of drug-likeness (QED) is 0.687. The zero-order chi connectivity index (χ0) is 20.1. The number of hydrogen-bond donors (Lipinski definition) is 1. The second-order valence-electron chi connectivity index (χ2n) is 6.19. The Hall–Kier alpha value is -2.68. The molecule has 28 heavy (non-hydrogen) atoms. The van der Waals surface area contributed by atoms with Crippen LogP contribution >= 0.6 is 0 Å². The topological polar surface area (TPSA) is 92.2 Å². The second-order valence-corrected chi connectivity index (χ2v) is 6.19. The Bertz CT molecular complexity index is 798. The number of aromatic nitrogens is 2. The summed E-state index contributed by atoms with van der Waals surface area (Å²) in [4.78, 5) is 8.32. The molecule has 0 aliphatic carbocycles. The fourth-order valence-electron chi connectivity index (χ4n) is 3.06. The van der Waals surface area contributed by atoms with Crippen LogP contribution in [0.4, 0.5) is 0 Å². The van der Waals surface area contributed by atoms with Gasteiger partial charge in [0.05, 0.1) is 33.5 Å². The number of rotatable bonds is 8. The van der Waals surface area contributed by atoms with E-state index < -0.39 is 24.4 Å². The molecule has 0 saturated carbocycles. The van der Waals surface area contributed by atoms with E-state index in [0.29, 0.717) is 11.4 Å². The van der Waals surface area contributed by atoms with Crippen LogP contribution in [0.15, 0.2) is 43.1 Å². The number of aliphatic hydroxyl groups is 1. The van der Waals surface area contributed by atoms with Gasteiger partial charge in [-0.15, -0.1) is 6.58 Å². The normalized spacial score (nSPS) is 24.0. The highest BCUT2D eigenvalue weighted by molar-refractivity contribution is 5.31. The van der Waals surface area contributed by atoms with Gasteiger partial charge in [-0.3, -0.25) is 0 Å². The fraction of sp³-hybridized carbons (Fsp3) is 0.400. The zero-order valence-electron chi connectivity index (χ0n) is 16.1. The van der Waals surface area contributed by atoms with Gasteiger partial charge in [0.25, 0.3) is 0 Å². The Balaban J connectivity index is 1.83. The third kappa shape index (κ3) is 4.09. The van der Waals surface area contributed by atoms with Crippen LogP contribution in [0.25, 0.3) is 0 Å². The Kier molecular flexibility index (Phi) is 6.45. The summed E-state index contributed by atoms with van der Waals surface area (Å²) in [7, 11) is 4.58. The lowest BCUT2D eigenvalue weighted by Crippen LogP contribution is -2.32. The molecule has 1 aromatic carbocycles. The molecule has 1 aliphatic heterocycles. The van der Waals surface area contributed by atoms with Gasteiger partial charge in [-0.25, -0.2) is 4.98 Å². The molecule has 1 aliphatic rings. The summed E-state index contributed by atoms with van der Waals surface area (Å²) >= 11 is 0. The minimum Gasteiger partial charge on any atom is -0.497 e. The van der Waals surface area contributed by atoms with E-state index in [1.807, 2.05) is 24.3 Å². The van der Waals surface area contributed by atoms with Gasteiger partial charge in [-0.2, -0.15) is 4.98 Å². The van der Waals surface area contributed by atoms with Crippen molar-refractivity contribution in [2.75, 3.05) is 21.3 Å². The summed E-state index contributed by atoms with van der Waals surface area (Å²) in [5, 5.41) is 10.7. The molecule has 0 amide bonds. The van der Waals surface area contributed by atoms with Crippen molar-refractivity contribution in [3.05, 3.63) is 54.2 Å². The van der Waals surface area contributed by atoms with Crippen LogP contribution in [0.1, 0.15) is 17.2 Å². The molecule has 0 spiro atoms. The summed E-state index contributed by atoms with van der Waals surface area (Å²) < 4.78 is 27.5. The van der Waals surface area contributed by atoms with Crippen molar-refractivity contribution in [1.29, 1.82) is 0 Å². The predicted octanol–water partition coefficient (Wildman–Crippen LogP) is 2.07. The maximum absolute atomic E-state index is 10.7. The summed E-state index contributed by atoms with van der Waals surface area (Å²) in [6, 6.07) is 7.68. The average Bonchev–Trinajstić information content (AvgIpc) is 3.07. The van der Waals surface area contributed by atoms with E-state index in [1.165, 1.54) is 14.2 Å². The minimum atomic E-state index is -0.896. The van der Waals surface area contributed by atoms with Crippen LogP contribution in [-0.2, 0) is 16.1 Å².